The molecule has 1 aliphatic heterocycles. The van der Waals surface area contributed by atoms with Crippen molar-refractivity contribution in [3.63, 3.8) is 0 Å². The SMILES string of the molecule is CC[C@@H](C)[C@H](NC(=O)OCc1ccccc1)C(=O)N[C@H](C(=O)N1CCCCC1)C(O)(CC)CC. The van der Waals surface area contributed by atoms with Gasteiger partial charge in [0, 0.05) is 13.1 Å². The van der Waals surface area contributed by atoms with Gasteiger partial charge in [-0.25, -0.2) is 4.79 Å². The summed E-state index contributed by atoms with van der Waals surface area (Å²) in [6.07, 6.45) is 3.44. The molecule has 8 heteroatoms. The molecule has 0 spiro atoms. The van der Waals surface area contributed by atoms with Crippen LogP contribution in [0.4, 0.5) is 4.79 Å². The largest absolute Gasteiger partial charge is 0.445 e. The molecule has 3 atom stereocenters. The summed E-state index contributed by atoms with van der Waals surface area (Å²) in [6.45, 7) is 8.71. The van der Waals surface area contributed by atoms with Gasteiger partial charge in [0.1, 0.15) is 18.7 Å². The third kappa shape index (κ3) is 7.45. The fourth-order valence-corrected chi connectivity index (χ4v) is 4.21. The minimum atomic E-state index is -1.38. The van der Waals surface area contributed by atoms with Crippen LogP contribution in [0.3, 0.4) is 0 Å². The maximum absolute atomic E-state index is 13.4. The van der Waals surface area contributed by atoms with Crippen LogP contribution < -0.4 is 10.6 Å². The summed E-state index contributed by atoms with van der Waals surface area (Å²) in [4.78, 5) is 41.0. The van der Waals surface area contributed by atoms with Crippen molar-refractivity contribution in [1.82, 2.24) is 15.5 Å². The van der Waals surface area contributed by atoms with E-state index in [0.29, 0.717) is 32.4 Å². The minimum absolute atomic E-state index is 0.0863. The lowest BCUT2D eigenvalue weighted by molar-refractivity contribution is -0.146. The molecule has 1 fully saturated rings. The Labute approximate surface area is 203 Å². The van der Waals surface area contributed by atoms with Gasteiger partial charge in [0.25, 0.3) is 0 Å². The summed E-state index contributed by atoms with van der Waals surface area (Å²) >= 11 is 0. The Morgan fingerprint density at radius 3 is 2.21 bits per heavy atom. The van der Waals surface area contributed by atoms with Crippen molar-refractivity contribution < 1.29 is 24.2 Å². The van der Waals surface area contributed by atoms with Gasteiger partial charge in [0.15, 0.2) is 0 Å². The number of hydrogen-bond donors (Lipinski definition) is 3. The summed E-state index contributed by atoms with van der Waals surface area (Å²) in [5, 5.41) is 16.7. The highest BCUT2D eigenvalue weighted by Crippen LogP contribution is 2.24. The van der Waals surface area contributed by atoms with E-state index in [1.54, 1.807) is 18.7 Å². The van der Waals surface area contributed by atoms with Gasteiger partial charge in [0.05, 0.1) is 5.60 Å². The van der Waals surface area contributed by atoms with E-state index in [-0.39, 0.29) is 18.4 Å². The smallest absolute Gasteiger partial charge is 0.408 e. The molecule has 8 nitrogen and oxygen atoms in total. The number of alkyl carbamates (subject to hydrolysis) is 1. The molecular weight excluding hydrogens is 434 g/mol. The maximum Gasteiger partial charge on any atom is 0.408 e. The number of hydrogen-bond acceptors (Lipinski definition) is 5. The minimum Gasteiger partial charge on any atom is -0.445 e. The van der Waals surface area contributed by atoms with Gasteiger partial charge in [-0.2, -0.15) is 0 Å². The van der Waals surface area contributed by atoms with Crippen molar-refractivity contribution in [3.8, 4) is 0 Å². The Hall–Kier alpha value is -2.61. The monoisotopic (exact) mass is 475 g/mol. The van der Waals surface area contributed by atoms with Gasteiger partial charge >= 0.3 is 6.09 Å². The number of carbonyl (C=O) groups is 3. The molecule has 1 aliphatic rings. The van der Waals surface area contributed by atoms with E-state index in [1.807, 2.05) is 44.2 Å². The molecule has 1 heterocycles. The Morgan fingerprint density at radius 1 is 1.03 bits per heavy atom. The molecule has 1 aromatic carbocycles. The zero-order valence-corrected chi connectivity index (χ0v) is 21.0. The fraction of sp³-hybridized carbons (Fsp3) is 0.654. The first-order chi connectivity index (χ1) is 16.3. The van der Waals surface area contributed by atoms with Gasteiger partial charge in [-0.1, -0.05) is 64.4 Å². The van der Waals surface area contributed by atoms with Crippen LogP contribution in [0.2, 0.25) is 0 Å². The van der Waals surface area contributed by atoms with Gasteiger partial charge in [-0.15, -0.1) is 0 Å². The van der Waals surface area contributed by atoms with Crippen LogP contribution in [-0.2, 0) is 20.9 Å². The number of nitrogens with zero attached hydrogens (tertiary/aromatic N) is 1. The summed E-state index contributed by atoms with van der Waals surface area (Å²) in [5.74, 6) is -0.970. The molecule has 1 saturated heterocycles. The lowest BCUT2D eigenvalue weighted by Crippen LogP contribution is -2.64. The lowest BCUT2D eigenvalue weighted by atomic mass is 9.86. The Kier molecular flexibility index (Phi) is 10.8. The van der Waals surface area contributed by atoms with Crippen LogP contribution in [0.1, 0.15) is 71.8 Å². The van der Waals surface area contributed by atoms with Gasteiger partial charge in [0.2, 0.25) is 11.8 Å². The number of likely N-dealkylation sites (tertiary alicyclic amines) is 1. The summed E-state index contributed by atoms with van der Waals surface area (Å²) in [7, 11) is 0. The molecule has 1 aromatic rings. The zero-order valence-electron chi connectivity index (χ0n) is 21.0. The molecule has 0 unspecified atom stereocenters. The van der Waals surface area contributed by atoms with Crippen molar-refractivity contribution in [2.24, 2.45) is 5.92 Å². The molecule has 190 valence electrons. The van der Waals surface area contributed by atoms with Crippen LogP contribution in [0.15, 0.2) is 30.3 Å². The second-order valence-electron chi connectivity index (χ2n) is 9.21. The Morgan fingerprint density at radius 2 is 1.65 bits per heavy atom. The number of benzene rings is 1. The first-order valence-electron chi connectivity index (χ1n) is 12.5. The highest BCUT2D eigenvalue weighted by atomic mass is 16.5. The number of carbonyl (C=O) groups excluding carboxylic acids is 3. The van der Waals surface area contributed by atoms with E-state index >= 15 is 0 Å². The van der Waals surface area contributed by atoms with Crippen LogP contribution in [0, 0.1) is 5.92 Å². The predicted molar refractivity (Wildman–Crippen MR) is 131 cm³/mol. The second-order valence-corrected chi connectivity index (χ2v) is 9.21. The van der Waals surface area contributed by atoms with Crippen molar-refractivity contribution in [3.05, 3.63) is 35.9 Å². The van der Waals surface area contributed by atoms with Crippen LogP contribution >= 0.6 is 0 Å². The molecule has 34 heavy (non-hydrogen) atoms. The molecule has 0 aliphatic carbocycles. The van der Waals surface area contributed by atoms with E-state index in [2.05, 4.69) is 10.6 Å². The number of ether oxygens (including phenoxy) is 1. The van der Waals surface area contributed by atoms with Crippen LogP contribution in [-0.4, -0.2) is 58.7 Å². The van der Waals surface area contributed by atoms with E-state index < -0.39 is 29.7 Å². The lowest BCUT2D eigenvalue weighted by Gasteiger charge is -2.39. The first-order valence-corrected chi connectivity index (χ1v) is 12.5. The average Bonchev–Trinajstić information content (AvgIpc) is 2.88. The molecule has 2 rings (SSSR count). The quantitative estimate of drug-likeness (QED) is 0.455. The molecule has 0 radical (unpaired) electrons. The van der Waals surface area contributed by atoms with Crippen molar-refractivity contribution >= 4 is 17.9 Å². The molecule has 3 amide bonds. The zero-order chi connectivity index (χ0) is 25.1. The molecular formula is C26H41N3O5. The summed E-state index contributed by atoms with van der Waals surface area (Å²) in [6, 6.07) is 7.30. The normalized spacial score (nSPS) is 16.8. The maximum atomic E-state index is 13.4. The highest BCUT2D eigenvalue weighted by Gasteiger charge is 2.43. The topological polar surface area (TPSA) is 108 Å². The fourth-order valence-electron chi connectivity index (χ4n) is 4.21. The average molecular weight is 476 g/mol. The predicted octanol–water partition coefficient (Wildman–Crippen LogP) is 3.38. The molecule has 3 N–H and O–H groups in total. The van der Waals surface area contributed by atoms with Crippen molar-refractivity contribution in [1.29, 1.82) is 0 Å². The third-order valence-electron chi connectivity index (χ3n) is 6.94. The Balaban J connectivity index is 2.15. The van der Waals surface area contributed by atoms with E-state index in [0.717, 1.165) is 24.8 Å². The number of piperidine rings is 1. The molecule has 0 aromatic heterocycles. The van der Waals surface area contributed by atoms with Gasteiger partial charge < -0.3 is 25.4 Å². The molecule has 0 bridgehead atoms. The van der Waals surface area contributed by atoms with Gasteiger partial charge in [-0.05, 0) is 43.6 Å². The number of aliphatic hydroxyl groups is 1. The highest BCUT2D eigenvalue weighted by molar-refractivity contribution is 5.92. The summed E-state index contributed by atoms with van der Waals surface area (Å²) < 4.78 is 5.31. The van der Waals surface area contributed by atoms with Crippen LogP contribution in [0.5, 0.6) is 0 Å². The van der Waals surface area contributed by atoms with Crippen molar-refractivity contribution in [2.75, 3.05) is 13.1 Å². The van der Waals surface area contributed by atoms with E-state index in [9.17, 15) is 19.5 Å². The summed E-state index contributed by atoms with van der Waals surface area (Å²) in [5.41, 5.74) is -0.539. The van der Waals surface area contributed by atoms with Crippen LogP contribution in [0.25, 0.3) is 0 Å². The molecule has 0 saturated carbocycles. The van der Waals surface area contributed by atoms with Gasteiger partial charge in [-0.3, -0.25) is 9.59 Å². The van der Waals surface area contributed by atoms with E-state index in [1.165, 1.54) is 0 Å². The number of amides is 3. The Bertz CT molecular complexity index is 791. The standard InChI is InChI=1S/C26H41N3O5/c1-5-19(4)21(27-25(32)34-18-20-14-10-8-11-15-20)23(30)28-22(26(33,6-2)7-3)24(31)29-16-12-9-13-17-29/h8,10-11,14-15,19,21-22,33H,5-7,9,12-13,16-18H2,1-4H3,(H,27,32)(H,28,30)/t19-,21+,22-/m1/s1. The second kappa shape index (κ2) is 13.3. The van der Waals surface area contributed by atoms with E-state index in [4.69, 9.17) is 4.74 Å². The third-order valence-corrected chi connectivity index (χ3v) is 6.94. The number of rotatable bonds is 11. The first kappa shape index (κ1) is 27.6. The number of nitrogens with one attached hydrogen (secondary N) is 2. The van der Waals surface area contributed by atoms with Crippen molar-refractivity contribution in [2.45, 2.75) is 90.5 Å².